The molecule has 2 saturated heterocycles. The number of piperidine rings is 1. The minimum absolute atomic E-state index is 0. The zero-order valence-electron chi connectivity index (χ0n) is 21.1. The van der Waals surface area contributed by atoms with E-state index in [4.69, 9.17) is 25.4 Å². The van der Waals surface area contributed by atoms with Gasteiger partial charge in [0.05, 0.1) is 41.7 Å². The fourth-order valence-electron chi connectivity index (χ4n) is 5.99. The molecule has 0 unspecified atom stereocenters. The number of aromatic amines is 2. The molecule has 3 aliphatic rings. The van der Waals surface area contributed by atoms with E-state index in [1.165, 1.54) is 0 Å². The van der Waals surface area contributed by atoms with Crippen LogP contribution >= 0.6 is 24.8 Å². The third-order valence-corrected chi connectivity index (χ3v) is 8.24. The van der Waals surface area contributed by atoms with E-state index in [-0.39, 0.29) is 42.4 Å². The molecule has 7 rings (SSSR count). The molecule has 0 aliphatic carbocycles. The van der Waals surface area contributed by atoms with E-state index < -0.39 is 0 Å². The van der Waals surface area contributed by atoms with Crippen LogP contribution in [0, 0.1) is 5.41 Å². The Labute approximate surface area is 232 Å². The molecular weight excluding hydrogens is 527 g/mol. The summed E-state index contributed by atoms with van der Waals surface area (Å²) in [6, 6.07) is 6.17. The number of fused-ring (bicyclic) bond motifs is 2. The van der Waals surface area contributed by atoms with E-state index in [0.29, 0.717) is 5.65 Å². The van der Waals surface area contributed by atoms with Gasteiger partial charge in [0.2, 0.25) is 0 Å². The zero-order valence-corrected chi connectivity index (χ0v) is 22.8. The number of anilines is 3. The van der Waals surface area contributed by atoms with Gasteiger partial charge in [-0.25, -0.2) is 15.0 Å². The smallest absolute Gasteiger partial charge is 0.183 e. The first-order valence-corrected chi connectivity index (χ1v) is 12.7. The average Bonchev–Trinajstić information content (AvgIpc) is 3.66. The summed E-state index contributed by atoms with van der Waals surface area (Å²) in [7, 11) is 0. The minimum Gasteiger partial charge on any atom is -0.376 e. The van der Waals surface area contributed by atoms with Gasteiger partial charge < -0.3 is 20.3 Å². The number of halogens is 2. The highest BCUT2D eigenvalue weighted by Crippen LogP contribution is 2.42. The lowest BCUT2D eigenvalue weighted by molar-refractivity contribution is 0.0974. The molecule has 0 saturated carbocycles. The third kappa shape index (κ3) is 4.27. The van der Waals surface area contributed by atoms with Crippen LogP contribution < -0.4 is 15.5 Å². The molecule has 2 fully saturated rings. The monoisotopic (exact) mass is 558 g/mol. The van der Waals surface area contributed by atoms with Gasteiger partial charge in [0.1, 0.15) is 5.82 Å². The van der Waals surface area contributed by atoms with Gasteiger partial charge in [-0.1, -0.05) is 0 Å². The maximum atomic E-state index is 6.49. The lowest BCUT2D eigenvalue weighted by Gasteiger charge is -2.41. The van der Waals surface area contributed by atoms with Crippen LogP contribution in [0.3, 0.4) is 0 Å². The summed E-state index contributed by atoms with van der Waals surface area (Å²) < 4.78 is 5.87. The van der Waals surface area contributed by atoms with Gasteiger partial charge in [-0.05, 0) is 50.8 Å². The number of nitrogens with one attached hydrogen (secondary N) is 2. The molecule has 0 aromatic carbocycles. The summed E-state index contributed by atoms with van der Waals surface area (Å²) in [5.74, 6) is 1.67. The number of hydrogen-bond donors (Lipinski definition) is 3. The van der Waals surface area contributed by atoms with Crippen molar-refractivity contribution >= 4 is 53.3 Å². The lowest BCUT2D eigenvalue weighted by Crippen LogP contribution is -2.50. The Morgan fingerprint density at radius 1 is 1.08 bits per heavy atom. The van der Waals surface area contributed by atoms with Crippen molar-refractivity contribution in [1.29, 1.82) is 0 Å². The summed E-state index contributed by atoms with van der Waals surface area (Å²) in [6.07, 6.45) is 7.67. The van der Waals surface area contributed by atoms with Gasteiger partial charge in [-0.3, -0.25) is 10.2 Å². The Hall–Kier alpha value is -2.99. The molecule has 13 heteroatoms. The number of ether oxygens (including phenoxy) is 1. The number of aromatic nitrogens is 7. The number of pyridine rings is 1. The van der Waals surface area contributed by atoms with Crippen LogP contribution in [0.4, 0.5) is 17.3 Å². The Morgan fingerprint density at radius 3 is 2.66 bits per heavy atom. The van der Waals surface area contributed by atoms with E-state index in [1.807, 2.05) is 18.3 Å². The van der Waals surface area contributed by atoms with Gasteiger partial charge in [-0.15, -0.1) is 24.8 Å². The van der Waals surface area contributed by atoms with Crippen molar-refractivity contribution in [3.05, 3.63) is 36.3 Å². The molecule has 0 radical (unpaired) electrons. The highest BCUT2D eigenvalue weighted by atomic mass is 35.5. The SMILES string of the molecule is C[C@@H]1OCC2(CCN(c3cnc4c(N5CCCc6nc(-c7ccn[nH]7)ccc65)n[nH]c4n3)CC2)[C@@H]1N.Cl.Cl. The van der Waals surface area contributed by atoms with Gasteiger partial charge in [0, 0.05) is 37.3 Å². The maximum Gasteiger partial charge on any atom is 0.183 e. The first kappa shape index (κ1) is 26.6. The third-order valence-electron chi connectivity index (χ3n) is 8.24. The van der Waals surface area contributed by atoms with Crippen molar-refractivity contribution < 1.29 is 4.74 Å². The second-order valence-electron chi connectivity index (χ2n) is 10.3. The highest BCUT2D eigenvalue weighted by Gasteiger charge is 2.47. The molecule has 38 heavy (non-hydrogen) atoms. The van der Waals surface area contributed by atoms with Crippen molar-refractivity contribution in [3.8, 4) is 11.4 Å². The highest BCUT2D eigenvalue weighted by molar-refractivity contribution is 5.88. The Balaban J connectivity index is 0.00000147. The average molecular weight is 560 g/mol. The molecule has 0 amide bonds. The second-order valence-corrected chi connectivity index (χ2v) is 10.3. The summed E-state index contributed by atoms with van der Waals surface area (Å²) in [5.41, 5.74) is 12.0. The van der Waals surface area contributed by atoms with Gasteiger partial charge in [0.15, 0.2) is 17.0 Å². The summed E-state index contributed by atoms with van der Waals surface area (Å²) in [6.45, 7) is 5.49. The number of nitrogens with zero attached hydrogens (tertiary/aromatic N) is 7. The topological polar surface area (TPSA) is 138 Å². The minimum atomic E-state index is 0. The predicted octanol–water partition coefficient (Wildman–Crippen LogP) is 3.40. The van der Waals surface area contributed by atoms with Crippen LogP contribution in [-0.2, 0) is 11.2 Å². The summed E-state index contributed by atoms with van der Waals surface area (Å²) in [4.78, 5) is 19.1. The normalized spacial score (nSPS) is 22.3. The Morgan fingerprint density at radius 2 is 1.92 bits per heavy atom. The number of hydrogen-bond acceptors (Lipinski definition) is 9. The number of H-pyrrole nitrogens is 2. The molecule has 202 valence electrons. The van der Waals surface area contributed by atoms with E-state index in [9.17, 15) is 0 Å². The van der Waals surface area contributed by atoms with Crippen LogP contribution in [0.2, 0.25) is 0 Å². The number of nitrogens with two attached hydrogens (primary N) is 1. The molecule has 2 atom stereocenters. The first-order valence-electron chi connectivity index (χ1n) is 12.7. The molecule has 1 spiro atoms. The standard InChI is InChI=1S/C25H30N10O.2ClH/c1-15-22(26)25(14-36-15)7-11-34(12-8-25)20-13-27-21-23(30-20)32-33-24(21)35-10-2-3-18-19(35)5-4-16(29-18)17-6-9-28-31-17;;/h4-6,9,13,15,22H,2-3,7-8,10-12,14,26H2,1H3,(H,28,31)(H,30,32,33);2*1H/t15-,22+;;/m0../s1. The summed E-state index contributed by atoms with van der Waals surface area (Å²) >= 11 is 0. The van der Waals surface area contributed by atoms with Gasteiger partial charge in [0.25, 0.3) is 0 Å². The number of aryl methyl sites for hydroxylation is 1. The van der Waals surface area contributed by atoms with E-state index in [2.05, 4.69) is 43.2 Å². The van der Waals surface area contributed by atoms with E-state index in [0.717, 1.165) is 91.8 Å². The molecule has 11 nitrogen and oxygen atoms in total. The van der Waals surface area contributed by atoms with Crippen molar-refractivity contribution in [2.24, 2.45) is 11.1 Å². The first-order chi connectivity index (χ1) is 17.6. The van der Waals surface area contributed by atoms with Gasteiger partial charge in [-0.2, -0.15) is 10.2 Å². The van der Waals surface area contributed by atoms with Crippen LogP contribution in [-0.4, -0.2) is 73.7 Å². The molecule has 3 aliphatic heterocycles. The zero-order chi connectivity index (χ0) is 24.3. The van der Waals surface area contributed by atoms with E-state index >= 15 is 0 Å². The van der Waals surface area contributed by atoms with Crippen molar-refractivity contribution in [1.82, 2.24) is 35.3 Å². The molecule has 4 aromatic heterocycles. The predicted molar refractivity (Wildman–Crippen MR) is 151 cm³/mol. The molecule has 4 N–H and O–H groups in total. The van der Waals surface area contributed by atoms with Crippen molar-refractivity contribution in [2.75, 3.05) is 36.0 Å². The summed E-state index contributed by atoms with van der Waals surface area (Å²) in [5, 5.41) is 14.8. The van der Waals surface area contributed by atoms with Crippen LogP contribution in [0.1, 0.15) is 31.9 Å². The van der Waals surface area contributed by atoms with Crippen molar-refractivity contribution in [2.45, 2.75) is 44.8 Å². The molecule has 7 heterocycles. The van der Waals surface area contributed by atoms with Crippen molar-refractivity contribution in [3.63, 3.8) is 0 Å². The fourth-order valence-corrected chi connectivity index (χ4v) is 5.99. The number of rotatable bonds is 3. The molecule has 0 bridgehead atoms. The lowest BCUT2D eigenvalue weighted by atomic mass is 9.73. The maximum absolute atomic E-state index is 6.49. The Bertz CT molecular complexity index is 1400. The van der Waals surface area contributed by atoms with Crippen LogP contribution in [0.5, 0.6) is 0 Å². The molecule has 4 aromatic rings. The quantitative estimate of drug-likeness (QED) is 0.345. The van der Waals surface area contributed by atoms with Crippen LogP contribution in [0.15, 0.2) is 30.6 Å². The second kappa shape index (κ2) is 10.3. The van der Waals surface area contributed by atoms with Crippen LogP contribution in [0.25, 0.3) is 22.6 Å². The van der Waals surface area contributed by atoms with Gasteiger partial charge >= 0.3 is 0 Å². The fraction of sp³-hybridized carbons (Fsp3) is 0.480. The van der Waals surface area contributed by atoms with E-state index in [1.54, 1.807) is 6.20 Å². The Kier molecular flexibility index (Phi) is 7.21. The molecular formula is C25H32Cl2N10O. The largest absolute Gasteiger partial charge is 0.376 e.